The van der Waals surface area contributed by atoms with Crippen LogP contribution in [0.1, 0.15) is 52.7 Å². The van der Waals surface area contributed by atoms with Crippen molar-refractivity contribution in [3.63, 3.8) is 0 Å². The summed E-state index contributed by atoms with van der Waals surface area (Å²) in [6.07, 6.45) is 3.17. The van der Waals surface area contributed by atoms with Crippen molar-refractivity contribution in [2.24, 2.45) is 5.92 Å². The topological polar surface area (TPSA) is 85.6 Å². The Morgan fingerprint density at radius 1 is 0.919 bits per heavy atom. The maximum Gasteiger partial charge on any atom is 0.251 e. The second kappa shape index (κ2) is 11.2. The normalized spacial score (nSPS) is 17.2. The second-order valence-corrected chi connectivity index (χ2v) is 9.96. The molecule has 2 N–H and O–H groups in total. The average Bonchev–Trinajstić information content (AvgIpc) is 2.98. The van der Waals surface area contributed by atoms with Gasteiger partial charge in [-0.2, -0.15) is 5.26 Å². The molecule has 2 saturated heterocycles. The van der Waals surface area contributed by atoms with Gasteiger partial charge in [0.2, 0.25) is 0 Å². The number of nitrogens with zero attached hydrogens (tertiary/aromatic N) is 2. The van der Waals surface area contributed by atoms with Crippen LogP contribution in [-0.4, -0.2) is 43.4 Å². The molecule has 0 atom stereocenters. The van der Waals surface area contributed by atoms with Crippen LogP contribution in [0.15, 0.2) is 78.9 Å². The zero-order valence-electron chi connectivity index (χ0n) is 21.0. The third-order valence-electron chi connectivity index (χ3n) is 7.79. The van der Waals surface area contributed by atoms with Crippen molar-refractivity contribution in [3.05, 3.63) is 101 Å². The number of hydrogen-bond donors (Lipinski definition) is 2. The van der Waals surface area contributed by atoms with Crippen LogP contribution in [-0.2, 0) is 10.3 Å². The molecule has 3 aromatic rings. The number of benzene rings is 3. The van der Waals surface area contributed by atoms with Crippen LogP contribution in [0.3, 0.4) is 0 Å². The molecule has 2 heterocycles. The van der Waals surface area contributed by atoms with Crippen molar-refractivity contribution in [2.75, 3.05) is 31.2 Å². The zero-order chi connectivity index (χ0) is 25.7. The summed E-state index contributed by atoms with van der Waals surface area (Å²) in [6, 6.07) is 27.6. The highest BCUT2D eigenvalue weighted by Crippen LogP contribution is 2.42. The molecule has 5 rings (SSSR count). The third-order valence-corrected chi connectivity index (χ3v) is 7.79. The lowest BCUT2D eigenvalue weighted by molar-refractivity contribution is 0.00505. The predicted octanol–water partition coefficient (Wildman–Crippen LogP) is 4.62. The fourth-order valence-corrected chi connectivity index (χ4v) is 5.71. The Kier molecular flexibility index (Phi) is 7.55. The first kappa shape index (κ1) is 25.0. The lowest BCUT2D eigenvalue weighted by Crippen LogP contribution is -2.44. The minimum absolute atomic E-state index is 0.0311. The largest absolute Gasteiger partial charge is 0.381 e. The van der Waals surface area contributed by atoms with Crippen molar-refractivity contribution < 1.29 is 14.6 Å². The summed E-state index contributed by atoms with van der Waals surface area (Å²) in [5.74, 6) is -0.118. The summed E-state index contributed by atoms with van der Waals surface area (Å²) in [4.78, 5) is 15.0. The number of hydrogen-bond acceptors (Lipinski definition) is 5. The van der Waals surface area contributed by atoms with Gasteiger partial charge in [-0.1, -0.05) is 60.7 Å². The van der Waals surface area contributed by atoms with Gasteiger partial charge in [-0.05, 0) is 60.9 Å². The number of ether oxygens (including phenoxy) is 1. The molecule has 0 spiro atoms. The third kappa shape index (κ3) is 5.24. The molecule has 6 heteroatoms. The van der Waals surface area contributed by atoms with Gasteiger partial charge in [-0.3, -0.25) is 4.79 Å². The molecule has 2 aliphatic heterocycles. The summed E-state index contributed by atoms with van der Waals surface area (Å²) >= 11 is 0. The lowest BCUT2D eigenvalue weighted by atomic mass is 9.72. The molecule has 0 aliphatic carbocycles. The van der Waals surface area contributed by atoms with E-state index < -0.39 is 5.60 Å². The van der Waals surface area contributed by atoms with E-state index in [0.717, 1.165) is 55.6 Å². The highest BCUT2D eigenvalue weighted by molar-refractivity contribution is 5.95. The molecule has 3 aromatic carbocycles. The van der Waals surface area contributed by atoms with Crippen molar-refractivity contribution in [3.8, 4) is 6.07 Å². The number of nitrogens with one attached hydrogen (secondary N) is 1. The molecule has 0 unspecified atom stereocenters. The first-order valence-electron chi connectivity index (χ1n) is 13.1. The van der Waals surface area contributed by atoms with E-state index in [0.29, 0.717) is 24.3 Å². The molecule has 2 fully saturated rings. The number of piperidine rings is 1. The molecule has 1 amide bonds. The van der Waals surface area contributed by atoms with Crippen molar-refractivity contribution in [1.29, 1.82) is 5.26 Å². The quantitative estimate of drug-likeness (QED) is 0.521. The summed E-state index contributed by atoms with van der Waals surface area (Å²) in [5.41, 5.74) is 2.56. The van der Waals surface area contributed by atoms with E-state index in [1.54, 1.807) is 12.1 Å². The van der Waals surface area contributed by atoms with Gasteiger partial charge in [0.25, 0.3) is 5.91 Å². The monoisotopic (exact) mass is 495 g/mol. The van der Waals surface area contributed by atoms with E-state index in [-0.39, 0.29) is 17.9 Å². The van der Waals surface area contributed by atoms with E-state index >= 15 is 0 Å². The fraction of sp³-hybridized carbons (Fsp3) is 0.355. The Morgan fingerprint density at radius 2 is 1.51 bits per heavy atom. The van der Waals surface area contributed by atoms with E-state index in [1.807, 2.05) is 66.7 Å². The molecule has 190 valence electrons. The summed E-state index contributed by atoms with van der Waals surface area (Å²) in [6.45, 7) is 2.75. The first-order chi connectivity index (χ1) is 18.1. The Morgan fingerprint density at radius 3 is 2.08 bits per heavy atom. The Labute approximate surface area is 218 Å². The number of carbonyl (C=O) groups is 1. The maximum absolute atomic E-state index is 12.8. The fourth-order valence-electron chi connectivity index (χ4n) is 5.71. The number of anilines is 1. The van der Waals surface area contributed by atoms with E-state index in [9.17, 15) is 15.2 Å². The number of amides is 1. The van der Waals surface area contributed by atoms with Gasteiger partial charge < -0.3 is 20.1 Å². The number of rotatable bonds is 6. The molecule has 0 radical (unpaired) electrons. The molecule has 2 aliphatic rings. The summed E-state index contributed by atoms with van der Waals surface area (Å²) < 4.78 is 5.37. The van der Waals surface area contributed by atoms with Gasteiger partial charge in [0.05, 0.1) is 11.3 Å². The number of aliphatic hydroxyl groups is 1. The van der Waals surface area contributed by atoms with E-state index in [1.165, 1.54) is 0 Å². The van der Waals surface area contributed by atoms with Gasteiger partial charge >= 0.3 is 0 Å². The lowest BCUT2D eigenvalue weighted by Gasteiger charge is -2.43. The standard InChI is InChI=1S/C31H33N3O3/c32-22-24-21-23(30(35)33-28-15-19-37-20-16-28)11-12-29(24)34-17-13-27(14-18-34)31(36,25-7-3-1-4-8-25)26-9-5-2-6-10-26/h1-12,21,27-28,36H,13-20H2,(H,33,35). The molecular weight excluding hydrogens is 462 g/mol. The van der Waals surface area contributed by atoms with E-state index in [4.69, 9.17) is 4.74 Å². The Bertz CT molecular complexity index is 1200. The minimum Gasteiger partial charge on any atom is -0.381 e. The minimum atomic E-state index is -1.08. The second-order valence-electron chi connectivity index (χ2n) is 9.96. The molecule has 6 nitrogen and oxygen atoms in total. The van der Waals surface area contributed by atoms with Crippen LogP contribution in [0, 0.1) is 17.2 Å². The van der Waals surface area contributed by atoms with Crippen LogP contribution in [0.25, 0.3) is 0 Å². The van der Waals surface area contributed by atoms with Gasteiger partial charge in [-0.15, -0.1) is 0 Å². The average molecular weight is 496 g/mol. The van der Waals surface area contributed by atoms with Crippen LogP contribution < -0.4 is 10.2 Å². The van der Waals surface area contributed by atoms with Crippen molar-refractivity contribution in [1.82, 2.24) is 5.32 Å². The number of nitriles is 1. The highest BCUT2D eigenvalue weighted by atomic mass is 16.5. The van der Waals surface area contributed by atoms with Crippen LogP contribution in [0.2, 0.25) is 0 Å². The van der Waals surface area contributed by atoms with Gasteiger partial charge in [-0.25, -0.2) is 0 Å². The molecular formula is C31H33N3O3. The van der Waals surface area contributed by atoms with Crippen molar-refractivity contribution in [2.45, 2.75) is 37.3 Å². The van der Waals surface area contributed by atoms with Crippen molar-refractivity contribution >= 4 is 11.6 Å². The summed E-state index contributed by atoms with van der Waals surface area (Å²) in [5, 5.41) is 25.1. The Hall–Kier alpha value is -3.66. The molecule has 0 saturated carbocycles. The van der Waals surface area contributed by atoms with E-state index in [2.05, 4.69) is 16.3 Å². The molecule has 0 aromatic heterocycles. The predicted molar refractivity (Wildman–Crippen MR) is 143 cm³/mol. The number of carbonyl (C=O) groups excluding carboxylic acids is 1. The smallest absolute Gasteiger partial charge is 0.251 e. The van der Waals surface area contributed by atoms with Crippen LogP contribution in [0.5, 0.6) is 0 Å². The SMILES string of the molecule is N#Cc1cc(C(=O)NC2CCOCC2)ccc1N1CCC(C(O)(c2ccccc2)c2ccccc2)CC1. The van der Waals surface area contributed by atoms with Gasteiger partial charge in [0, 0.05) is 37.9 Å². The summed E-state index contributed by atoms with van der Waals surface area (Å²) in [7, 11) is 0. The zero-order valence-corrected chi connectivity index (χ0v) is 21.0. The van der Waals surface area contributed by atoms with Gasteiger partial charge in [0.15, 0.2) is 0 Å². The van der Waals surface area contributed by atoms with Crippen LogP contribution >= 0.6 is 0 Å². The molecule has 0 bridgehead atoms. The maximum atomic E-state index is 12.8. The van der Waals surface area contributed by atoms with Gasteiger partial charge in [0.1, 0.15) is 11.7 Å². The Balaban J connectivity index is 1.32. The van der Waals surface area contributed by atoms with Crippen LogP contribution in [0.4, 0.5) is 5.69 Å². The highest BCUT2D eigenvalue weighted by Gasteiger charge is 2.41. The first-order valence-corrected chi connectivity index (χ1v) is 13.1. The molecule has 37 heavy (non-hydrogen) atoms.